The molecule has 20 heavy (non-hydrogen) atoms. The fourth-order valence-corrected chi connectivity index (χ4v) is 4.31. The van der Waals surface area contributed by atoms with E-state index >= 15 is 0 Å². The molecule has 0 amide bonds. The second-order valence-electron chi connectivity index (χ2n) is 4.16. The molecule has 0 aliphatic heterocycles. The van der Waals surface area contributed by atoms with Gasteiger partial charge in [-0.15, -0.1) is 11.3 Å². The number of rotatable bonds is 6. The molecule has 0 aromatic carbocycles. The number of nitrogens with one attached hydrogen (secondary N) is 1. The highest BCUT2D eigenvalue weighted by atomic mass is 35.5. The Morgan fingerprint density at radius 3 is 2.45 bits per heavy atom. The Hall–Kier alpha value is -1.23. The van der Waals surface area contributed by atoms with Crippen LogP contribution in [0.2, 0.25) is 4.34 Å². The molecule has 0 fully saturated rings. The summed E-state index contributed by atoms with van der Waals surface area (Å²) in [6.07, 6.45) is 0. The number of carboxylic acids is 1. The van der Waals surface area contributed by atoms with Crippen molar-refractivity contribution in [1.82, 2.24) is 4.72 Å². The molecule has 1 atom stereocenters. The first-order valence-corrected chi connectivity index (χ1v) is 7.93. The molecule has 0 aliphatic carbocycles. The van der Waals surface area contributed by atoms with E-state index in [4.69, 9.17) is 16.7 Å². The number of carbonyl (C=O) groups is 1. The van der Waals surface area contributed by atoms with Gasteiger partial charge in [-0.05, 0) is 5.92 Å². The van der Waals surface area contributed by atoms with Crippen molar-refractivity contribution < 1.29 is 23.2 Å². The zero-order valence-corrected chi connectivity index (χ0v) is 12.8. The molecule has 1 rings (SSSR count). The Morgan fingerprint density at radius 2 is 2.10 bits per heavy atom. The van der Waals surface area contributed by atoms with E-state index in [1.807, 2.05) is 4.72 Å². The molecule has 1 heterocycles. The predicted octanol–water partition coefficient (Wildman–Crippen LogP) is 1.70. The number of aliphatic carboxylic acids is 1. The maximum Gasteiger partial charge on any atom is 0.322 e. The van der Waals surface area contributed by atoms with Crippen molar-refractivity contribution in [1.29, 1.82) is 0 Å². The predicted molar refractivity (Wildman–Crippen MR) is 72.6 cm³/mol. The van der Waals surface area contributed by atoms with E-state index in [0.29, 0.717) is 11.3 Å². The first-order valence-electron chi connectivity index (χ1n) is 5.25. The quantitative estimate of drug-likeness (QED) is 0.598. The minimum absolute atomic E-state index is 0.285. The zero-order valence-electron chi connectivity index (χ0n) is 10.4. The maximum atomic E-state index is 12.0. The summed E-state index contributed by atoms with van der Waals surface area (Å²) in [5, 5.41) is 19.6. The fourth-order valence-electron chi connectivity index (χ4n) is 1.29. The lowest BCUT2D eigenvalue weighted by molar-refractivity contribution is -0.384. The molecular weight excluding hydrogens is 332 g/mol. The van der Waals surface area contributed by atoms with Crippen molar-refractivity contribution in [2.45, 2.75) is 24.1 Å². The third-order valence-electron chi connectivity index (χ3n) is 2.32. The van der Waals surface area contributed by atoms with E-state index in [9.17, 15) is 23.3 Å². The molecule has 0 bridgehead atoms. The van der Waals surface area contributed by atoms with E-state index < -0.39 is 42.8 Å². The maximum absolute atomic E-state index is 12.0. The lowest BCUT2D eigenvalue weighted by atomic mass is 10.1. The Morgan fingerprint density at radius 1 is 1.55 bits per heavy atom. The summed E-state index contributed by atoms with van der Waals surface area (Å²) in [6.45, 7) is 3.07. The number of hydrogen-bond acceptors (Lipinski definition) is 6. The van der Waals surface area contributed by atoms with Crippen LogP contribution in [0.3, 0.4) is 0 Å². The summed E-state index contributed by atoms with van der Waals surface area (Å²) in [5.41, 5.74) is -0.534. The van der Waals surface area contributed by atoms with Crippen LogP contribution in [0.5, 0.6) is 0 Å². The number of sulfonamides is 1. The highest BCUT2D eigenvalue weighted by Gasteiger charge is 2.31. The summed E-state index contributed by atoms with van der Waals surface area (Å²) in [4.78, 5) is 20.8. The minimum Gasteiger partial charge on any atom is -0.480 e. The van der Waals surface area contributed by atoms with Gasteiger partial charge in [0.05, 0.1) is 4.92 Å². The summed E-state index contributed by atoms with van der Waals surface area (Å²) >= 11 is 6.07. The standard InChI is InChI=1S/C9H11ClN2O6S2/c1-4(2)7(9(13)14)11-20(17,18)6-3-5(12(15)16)8(10)19-6/h3-4,7,11H,1-2H3,(H,13,14)/t7-/m0/s1. The van der Waals surface area contributed by atoms with Crippen molar-refractivity contribution in [3.05, 3.63) is 20.5 Å². The largest absolute Gasteiger partial charge is 0.480 e. The van der Waals surface area contributed by atoms with Crippen LogP contribution in [0.1, 0.15) is 13.8 Å². The normalized spacial score (nSPS) is 13.4. The van der Waals surface area contributed by atoms with Gasteiger partial charge in [0.1, 0.15) is 10.3 Å². The van der Waals surface area contributed by atoms with Crippen LogP contribution in [-0.4, -0.2) is 30.5 Å². The first kappa shape index (κ1) is 16.8. The smallest absolute Gasteiger partial charge is 0.322 e. The van der Waals surface area contributed by atoms with Gasteiger partial charge in [0.25, 0.3) is 15.7 Å². The number of thiophene rings is 1. The van der Waals surface area contributed by atoms with Gasteiger partial charge in [0.15, 0.2) is 4.34 Å². The number of nitrogens with zero attached hydrogens (tertiary/aromatic N) is 1. The Balaban J connectivity index is 3.14. The van der Waals surface area contributed by atoms with E-state index in [1.165, 1.54) is 13.8 Å². The molecule has 1 aromatic heterocycles. The first-order chi connectivity index (χ1) is 9.06. The van der Waals surface area contributed by atoms with Crippen LogP contribution in [0.25, 0.3) is 0 Å². The van der Waals surface area contributed by atoms with Crippen molar-refractivity contribution in [2.24, 2.45) is 5.92 Å². The van der Waals surface area contributed by atoms with Gasteiger partial charge < -0.3 is 5.11 Å². The lowest BCUT2D eigenvalue weighted by Crippen LogP contribution is -2.43. The Kier molecular flexibility index (Phi) is 5.08. The van der Waals surface area contributed by atoms with Gasteiger partial charge in [0, 0.05) is 6.07 Å². The number of nitro groups is 1. The minimum atomic E-state index is -4.19. The number of carboxylic acid groups (broad SMARTS) is 1. The molecule has 11 heteroatoms. The third kappa shape index (κ3) is 3.66. The van der Waals surface area contributed by atoms with Gasteiger partial charge in [0.2, 0.25) is 0 Å². The SMILES string of the molecule is CC(C)[C@H](NS(=O)(=O)c1cc([N+](=O)[O-])c(Cl)s1)C(=O)O. The second kappa shape index (κ2) is 6.04. The molecule has 0 unspecified atom stereocenters. The van der Waals surface area contributed by atoms with E-state index in [-0.39, 0.29) is 4.34 Å². The molecule has 112 valence electrons. The highest BCUT2D eigenvalue weighted by Crippen LogP contribution is 2.36. The van der Waals surface area contributed by atoms with Crippen molar-refractivity contribution >= 4 is 44.6 Å². The number of hydrogen-bond donors (Lipinski definition) is 2. The summed E-state index contributed by atoms with van der Waals surface area (Å²) < 4.78 is 25.3. The molecule has 0 saturated heterocycles. The Labute approximate surface area is 123 Å². The van der Waals surface area contributed by atoms with Crippen molar-refractivity contribution in [3.8, 4) is 0 Å². The van der Waals surface area contributed by atoms with Crippen LogP contribution < -0.4 is 4.72 Å². The molecule has 1 aromatic rings. The molecule has 8 nitrogen and oxygen atoms in total. The third-order valence-corrected chi connectivity index (χ3v) is 5.58. The molecular formula is C9H11ClN2O6S2. The van der Waals surface area contributed by atoms with Crippen LogP contribution in [0.15, 0.2) is 10.3 Å². The average molecular weight is 343 g/mol. The van der Waals surface area contributed by atoms with Crippen molar-refractivity contribution in [3.63, 3.8) is 0 Å². The van der Waals surface area contributed by atoms with Crippen LogP contribution in [0.4, 0.5) is 5.69 Å². The van der Waals surface area contributed by atoms with Crippen molar-refractivity contribution in [2.75, 3.05) is 0 Å². The van der Waals surface area contributed by atoms with Gasteiger partial charge >= 0.3 is 5.97 Å². The molecule has 0 saturated carbocycles. The molecule has 0 aliphatic rings. The van der Waals surface area contributed by atoms with Gasteiger partial charge in [-0.1, -0.05) is 25.4 Å². The van der Waals surface area contributed by atoms with Gasteiger partial charge in [-0.2, -0.15) is 4.72 Å². The van der Waals surface area contributed by atoms with Crippen LogP contribution >= 0.6 is 22.9 Å². The summed E-state index contributed by atoms with van der Waals surface area (Å²) in [6, 6.07) is -0.533. The highest BCUT2D eigenvalue weighted by molar-refractivity contribution is 7.91. The van der Waals surface area contributed by atoms with Crippen LogP contribution in [0, 0.1) is 16.0 Å². The zero-order chi connectivity index (χ0) is 15.7. The topological polar surface area (TPSA) is 127 Å². The van der Waals surface area contributed by atoms with E-state index in [2.05, 4.69) is 0 Å². The summed E-state index contributed by atoms with van der Waals surface area (Å²) in [7, 11) is -4.19. The monoisotopic (exact) mass is 342 g/mol. The summed E-state index contributed by atoms with van der Waals surface area (Å²) in [5.74, 6) is -1.83. The second-order valence-corrected chi connectivity index (χ2v) is 7.76. The molecule has 2 N–H and O–H groups in total. The number of halogens is 1. The van der Waals surface area contributed by atoms with Gasteiger partial charge in [-0.3, -0.25) is 14.9 Å². The van der Waals surface area contributed by atoms with Gasteiger partial charge in [-0.25, -0.2) is 8.42 Å². The molecule has 0 spiro atoms. The van der Waals surface area contributed by atoms with E-state index in [0.717, 1.165) is 6.07 Å². The lowest BCUT2D eigenvalue weighted by Gasteiger charge is -2.16. The van der Waals surface area contributed by atoms with Crippen LogP contribution in [-0.2, 0) is 14.8 Å². The van der Waals surface area contributed by atoms with E-state index in [1.54, 1.807) is 0 Å². The molecule has 0 radical (unpaired) electrons. The fraction of sp³-hybridized carbons (Fsp3) is 0.444. The average Bonchev–Trinajstić information content (AvgIpc) is 2.68. The Bertz CT molecular complexity index is 639.